The van der Waals surface area contributed by atoms with Crippen LogP contribution in [0.3, 0.4) is 0 Å². The van der Waals surface area contributed by atoms with Gasteiger partial charge in [0.25, 0.3) is 5.91 Å². The Labute approximate surface area is 147 Å². The van der Waals surface area contributed by atoms with Gasteiger partial charge in [-0.05, 0) is 37.1 Å². The zero-order valence-electron chi connectivity index (χ0n) is 14.7. The van der Waals surface area contributed by atoms with E-state index < -0.39 is 5.91 Å². The van der Waals surface area contributed by atoms with Gasteiger partial charge in [-0.15, -0.1) is 0 Å². The molecule has 1 aromatic rings. The number of benzene rings is 1. The Morgan fingerprint density at radius 3 is 2.48 bits per heavy atom. The van der Waals surface area contributed by atoms with Crippen LogP contribution in [0.1, 0.15) is 33.6 Å². The van der Waals surface area contributed by atoms with E-state index in [1.54, 1.807) is 48.2 Å². The van der Waals surface area contributed by atoms with E-state index in [-0.39, 0.29) is 17.7 Å². The zero-order chi connectivity index (χ0) is 18.4. The Kier molecular flexibility index (Phi) is 6.52. The fourth-order valence-corrected chi connectivity index (χ4v) is 2.97. The Morgan fingerprint density at radius 1 is 1.24 bits per heavy atom. The van der Waals surface area contributed by atoms with E-state index in [4.69, 9.17) is 10.5 Å². The number of primary amides is 1. The van der Waals surface area contributed by atoms with Gasteiger partial charge >= 0.3 is 0 Å². The molecule has 0 radical (unpaired) electrons. The number of nitrogens with zero attached hydrogens (tertiary/aromatic N) is 2. The van der Waals surface area contributed by atoms with Crippen molar-refractivity contribution >= 4 is 17.7 Å². The van der Waals surface area contributed by atoms with Crippen molar-refractivity contribution in [2.45, 2.75) is 12.8 Å². The van der Waals surface area contributed by atoms with Gasteiger partial charge in [-0.3, -0.25) is 14.4 Å². The average Bonchev–Trinajstić information content (AvgIpc) is 2.65. The van der Waals surface area contributed by atoms with E-state index in [0.29, 0.717) is 37.4 Å². The Bertz CT molecular complexity index is 630. The number of piperidine rings is 1. The second kappa shape index (κ2) is 8.62. The second-order valence-electron chi connectivity index (χ2n) is 6.28. The number of likely N-dealkylation sites (tertiary alicyclic amines) is 1. The highest BCUT2D eigenvalue weighted by Gasteiger charge is 2.30. The van der Waals surface area contributed by atoms with Crippen LogP contribution in [0.5, 0.6) is 0 Å². The van der Waals surface area contributed by atoms with Crippen LogP contribution in [0, 0.1) is 5.92 Å². The zero-order valence-corrected chi connectivity index (χ0v) is 14.7. The van der Waals surface area contributed by atoms with E-state index in [2.05, 4.69) is 0 Å². The van der Waals surface area contributed by atoms with Crippen LogP contribution in [-0.2, 0) is 9.53 Å². The number of hydrogen-bond donors (Lipinski definition) is 1. The van der Waals surface area contributed by atoms with Gasteiger partial charge in [0.15, 0.2) is 0 Å². The highest BCUT2D eigenvalue weighted by molar-refractivity contribution is 5.97. The van der Waals surface area contributed by atoms with Crippen molar-refractivity contribution in [2.75, 3.05) is 40.4 Å². The summed E-state index contributed by atoms with van der Waals surface area (Å²) < 4.78 is 5.00. The van der Waals surface area contributed by atoms with Crippen LogP contribution in [0.2, 0.25) is 0 Å². The molecule has 3 amide bonds. The third-order valence-electron chi connectivity index (χ3n) is 4.48. The molecule has 1 fully saturated rings. The predicted molar refractivity (Wildman–Crippen MR) is 93.1 cm³/mol. The van der Waals surface area contributed by atoms with Crippen molar-refractivity contribution in [3.8, 4) is 0 Å². The van der Waals surface area contributed by atoms with Crippen molar-refractivity contribution in [2.24, 2.45) is 11.7 Å². The van der Waals surface area contributed by atoms with Gasteiger partial charge in [0.05, 0.1) is 12.5 Å². The number of rotatable bonds is 6. The van der Waals surface area contributed by atoms with E-state index >= 15 is 0 Å². The minimum atomic E-state index is -0.526. The summed E-state index contributed by atoms with van der Waals surface area (Å²) in [6.45, 7) is 2.06. The molecule has 136 valence electrons. The minimum absolute atomic E-state index is 0.0404. The van der Waals surface area contributed by atoms with Crippen molar-refractivity contribution in [1.82, 2.24) is 9.80 Å². The summed E-state index contributed by atoms with van der Waals surface area (Å²) in [5.74, 6) is -0.808. The normalized spacial score (nSPS) is 17.2. The maximum atomic E-state index is 12.7. The van der Waals surface area contributed by atoms with Crippen LogP contribution in [0.15, 0.2) is 24.3 Å². The van der Waals surface area contributed by atoms with E-state index in [9.17, 15) is 14.4 Å². The summed E-state index contributed by atoms with van der Waals surface area (Å²) in [4.78, 5) is 39.6. The summed E-state index contributed by atoms with van der Waals surface area (Å²) in [6, 6.07) is 6.28. The molecule has 0 bridgehead atoms. The number of hydrogen-bond acceptors (Lipinski definition) is 4. The molecule has 0 spiro atoms. The molecule has 0 unspecified atom stereocenters. The van der Waals surface area contributed by atoms with E-state index in [0.717, 1.165) is 12.8 Å². The first-order chi connectivity index (χ1) is 11.9. The van der Waals surface area contributed by atoms with Crippen LogP contribution in [-0.4, -0.2) is 67.9 Å². The maximum absolute atomic E-state index is 12.7. The molecule has 1 saturated heterocycles. The number of amides is 3. The lowest BCUT2D eigenvalue weighted by molar-refractivity contribution is -0.136. The van der Waals surface area contributed by atoms with Gasteiger partial charge in [-0.25, -0.2) is 0 Å². The van der Waals surface area contributed by atoms with Crippen molar-refractivity contribution in [3.05, 3.63) is 35.4 Å². The molecule has 1 aliphatic rings. The number of methoxy groups -OCH3 is 1. The molecule has 1 aliphatic heterocycles. The van der Waals surface area contributed by atoms with Crippen LogP contribution < -0.4 is 5.73 Å². The third-order valence-corrected chi connectivity index (χ3v) is 4.48. The van der Waals surface area contributed by atoms with E-state index in [1.165, 1.54) is 0 Å². The highest BCUT2D eigenvalue weighted by atomic mass is 16.5. The lowest BCUT2D eigenvalue weighted by Gasteiger charge is -2.34. The number of likely N-dealkylation sites (N-methyl/N-ethyl adjacent to an activating group) is 1. The maximum Gasteiger partial charge on any atom is 0.253 e. The average molecular weight is 347 g/mol. The van der Waals surface area contributed by atoms with Gasteiger partial charge in [-0.1, -0.05) is 0 Å². The van der Waals surface area contributed by atoms with Crippen LogP contribution >= 0.6 is 0 Å². The van der Waals surface area contributed by atoms with Gasteiger partial charge in [0.2, 0.25) is 11.8 Å². The molecule has 0 aromatic heterocycles. The number of carbonyl (C=O) groups excluding carboxylic acids is 3. The first kappa shape index (κ1) is 18.9. The lowest BCUT2D eigenvalue weighted by atomic mass is 9.96. The Hall–Kier alpha value is -2.41. The lowest BCUT2D eigenvalue weighted by Crippen LogP contribution is -2.46. The first-order valence-electron chi connectivity index (χ1n) is 8.37. The summed E-state index contributed by atoms with van der Waals surface area (Å²) in [6.07, 6.45) is 1.57. The van der Waals surface area contributed by atoms with Crippen molar-refractivity contribution in [3.63, 3.8) is 0 Å². The molecule has 0 saturated carbocycles. The second-order valence-corrected chi connectivity index (χ2v) is 6.28. The largest absolute Gasteiger partial charge is 0.383 e. The molecule has 1 heterocycles. The minimum Gasteiger partial charge on any atom is -0.383 e. The smallest absolute Gasteiger partial charge is 0.253 e. The first-order valence-corrected chi connectivity index (χ1v) is 8.37. The molecule has 2 rings (SSSR count). The van der Waals surface area contributed by atoms with Crippen molar-refractivity contribution < 1.29 is 19.1 Å². The predicted octanol–water partition coefficient (Wildman–Crippen LogP) is 0.743. The molecule has 25 heavy (non-hydrogen) atoms. The standard InChI is InChI=1S/C18H25N3O4/c1-20(10-11-25-2)17(23)15-4-3-9-21(12-15)18(24)14-7-5-13(6-8-14)16(19)22/h5-8,15H,3-4,9-12H2,1-2H3,(H2,19,22)/t15-/m0/s1. The fraction of sp³-hybridized carbons (Fsp3) is 0.500. The fourth-order valence-electron chi connectivity index (χ4n) is 2.97. The van der Waals surface area contributed by atoms with Crippen LogP contribution in [0.25, 0.3) is 0 Å². The third kappa shape index (κ3) is 4.79. The highest BCUT2D eigenvalue weighted by Crippen LogP contribution is 2.20. The quantitative estimate of drug-likeness (QED) is 0.821. The SMILES string of the molecule is COCCN(C)C(=O)[C@H]1CCCN(C(=O)c2ccc(C(N)=O)cc2)C1. The van der Waals surface area contributed by atoms with Gasteiger partial charge in [-0.2, -0.15) is 0 Å². The van der Waals surface area contributed by atoms with Gasteiger partial charge < -0.3 is 20.3 Å². The molecule has 1 aromatic carbocycles. The Morgan fingerprint density at radius 2 is 1.88 bits per heavy atom. The molecule has 2 N–H and O–H groups in total. The molecule has 7 nitrogen and oxygen atoms in total. The summed E-state index contributed by atoms with van der Waals surface area (Å²) >= 11 is 0. The topological polar surface area (TPSA) is 92.9 Å². The number of ether oxygens (including phenoxy) is 1. The summed E-state index contributed by atoms with van der Waals surface area (Å²) in [5, 5.41) is 0. The molecule has 1 atom stereocenters. The summed E-state index contributed by atoms with van der Waals surface area (Å²) in [7, 11) is 3.35. The number of nitrogens with two attached hydrogens (primary N) is 1. The molecule has 7 heteroatoms. The molecular formula is C18H25N3O4. The molecular weight excluding hydrogens is 322 g/mol. The molecule has 0 aliphatic carbocycles. The van der Waals surface area contributed by atoms with Crippen molar-refractivity contribution in [1.29, 1.82) is 0 Å². The van der Waals surface area contributed by atoms with E-state index in [1.807, 2.05) is 0 Å². The Balaban J connectivity index is 2.01. The van der Waals surface area contributed by atoms with Gasteiger partial charge in [0, 0.05) is 44.9 Å². The summed E-state index contributed by atoms with van der Waals surface area (Å²) in [5.41, 5.74) is 6.07. The number of carbonyl (C=O) groups is 3. The van der Waals surface area contributed by atoms with Gasteiger partial charge in [0.1, 0.15) is 0 Å². The monoisotopic (exact) mass is 347 g/mol. The van der Waals surface area contributed by atoms with Crippen LogP contribution in [0.4, 0.5) is 0 Å².